The highest BCUT2D eigenvalue weighted by atomic mass is 35.8. The van der Waals surface area contributed by atoms with E-state index in [0.29, 0.717) is 12.7 Å². The highest BCUT2D eigenvalue weighted by molar-refractivity contribution is 7.64. The summed E-state index contributed by atoms with van der Waals surface area (Å²) in [6.45, 7) is 5.28. The van der Waals surface area contributed by atoms with Crippen LogP contribution in [0.15, 0.2) is 24.3 Å². The molecular formula is C19H29Cl3OSi. The number of hydrogen-bond acceptors (Lipinski definition) is 1. The molecule has 0 atom stereocenters. The SMILES string of the molecule is CC(C)C[C@H]1CC[C@H](c2ccc(OCCC[Si](Cl)(Cl)Cl)cc2)CC1. The molecule has 1 aromatic rings. The van der Waals surface area contributed by atoms with Crippen molar-refractivity contribution in [3.05, 3.63) is 29.8 Å². The Morgan fingerprint density at radius 1 is 1.04 bits per heavy atom. The van der Waals surface area contributed by atoms with Crippen LogP contribution in [0.25, 0.3) is 0 Å². The van der Waals surface area contributed by atoms with Crippen LogP contribution in [-0.2, 0) is 0 Å². The van der Waals surface area contributed by atoms with Crippen LogP contribution in [0.2, 0.25) is 6.04 Å². The van der Waals surface area contributed by atoms with E-state index in [9.17, 15) is 0 Å². The molecule has 2 rings (SSSR count). The minimum Gasteiger partial charge on any atom is -0.494 e. The number of halogens is 3. The van der Waals surface area contributed by atoms with Gasteiger partial charge in [0.15, 0.2) is 0 Å². The maximum Gasteiger partial charge on any atom is 0.341 e. The minimum absolute atomic E-state index is 0.612. The second kappa shape index (κ2) is 9.71. The molecular weight excluding hydrogens is 379 g/mol. The molecule has 5 heteroatoms. The second-order valence-electron chi connectivity index (χ2n) is 7.48. The average Bonchev–Trinajstić information content (AvgIpc) is 2.52. The zero-order valence-corrected chi connectivity index (χ0v) is 18.0. The summed E-state index contributed by atoms with van der Waals surface area (Å²) >= 11 is 17.6. The Morgan fingerprint density at radius 3 is 2.21 bits per heavy atom. The van der Waals surface area contributed by atoms with E-state index in [1.807, 2.05) is 0 Å². The van der Waals surface area contributed by atoms with Crippen LogP contribution < -0.4 is 4.74 Å². The van der Waals surface area contributed by atoms with Crippen molar-refractivity contribution in [1.82, 2.24) is 0 Å². The van der Waals surface area contributed by atoms with Crippen molar-refractivity contribution in [2.75, 3.05) is 6.61 Å². The van der Waals surface area contributed by atoms with Gasteiger partial charge in [0.25, 0.3) is 0 Å². The molecule has 1 aliphatic rings. The lowest BCUT2D eigenvalue weighted by Gasteiger charge is -2.29. The van der Waals surface area contributed by atoms with Crippen LogP contribution in [0.3, 0.4) is 0 Å². The Bertz CT molecular complexity index is 476. The van der Waals surface area contributed by atoms with Gasteiger partial charge in [0.1, 0.15) is 5.75 Å². The van der Waals surface area contributed by atoms with E-state index >= 15 is 0 Å². The molecule has 1 fully saturated rings. The van der Waals surface area contributed by atoms with Crippen LogP contribution in [0.1, 0.15) is 63.9 Å². The highest BCUT2D eigenvalue weighted by Gasteiger charge is 2.24. The van der Waals surface area contributed by atoms with Gasteiger partial charge < -0.3 is 4.74 Å². The summed E-state index contributed by atoms with van der Waals surface area (Å²) in [5, 5.41) is 0. The first-order valence-electron chi connectivity index (χ1n) is 9.13. The van der Waals surface area contributed by atoms with Gasteiger partial charge >= 0.3 is 6.00 Å². The molecule has 0 heterocycles. The smallest absolute Gasteiger partial charge is 0.341 e. The van der Waals surface area contributed by atoms with Crippen molar-refractivity contribution in [2.45, 2.75) is 64.3 Å². The molecule has 1 aliphatic carbocycles. The number of benzene rings is 1. The van der Waals surface area contributed by atoms with Gasteiger partial charge in [-0.15, -0.1) is 33.2 Å². The van der Waals surface area contributed by atoms with Crippen molar-refractivity contribution in [2.24, 2.45) is 11.8 Å². The van der Waals surface area contributed by atoms with Crippen molar-refractivity contribution in [3.63, 3.8) is 0 Å². The Morgan fingerprint density at radius 2 is 1.67 bits per heavy atom. The van der Waals surface area contributed by atoms with Gasteiger partial charge in [-0.25, -0.2) is 0 Å². The third kappa shape index (κ3) is 7.55. The predicted molar refractivity (Wildman–Crippen MR) is 109 cm³/mol. The van der Waals surface area contributed by atoms with E-state index in [2.05, 4.69) is 38.1 Å². The summed E-state index contributed by atoms with van der Waals surface area (Å²) in [5.41, 5.74) is 1.46. The summed E-state index contributed by atoms with van der Waals surface area (Å²) in [7, 11) is 0. The first kappa shape index (κ1) is 20.4. The first-order chi connectivity index (χ1) is 11.3. The fourth-order valence-electron chi connectivity index (χ4n) is 3.70. The Hall–Kier alpha value is 0.107. The quantitative estimate of drug-likeness (QED) is 0.247. The van der Waals surface area contributed by atoms with E-state index in [4.69, 9.17) is 38.0 Å². The van der Waals surface area contributed by atoms with Crippen LogP contribution in [-0.4, -0.2) is 12.6 Å². The summed E-state index contributed by atoms with van der Waals surface area (Å²) in [6, 6.07) is 6.77. The Labute approximate surface area is 162 Å². The van der Waals surface area contributed by atoms with Crippen molar-refractivity contribution in [3.8, 4) is 5.75 Å². The van der Waals surface area contributed by atoms with Gasteiger partial charge in [-0.05, 0) is 80.0 Å². The van der Waals surface area contributed by atoms with E-state index in [1.54, 1.807) is 0 Å². The normalized spacial score (nSPS) is 21.9. The zero-order chi connectivity index (χ0) is 17.6. The third-order valence-electron chi connectivity index (χ3n) is 4.88. The van der Waals surface area contributed by atoms with E-state index < -0.39 is 6.00 Å². The summed E-state index contributed by atoms with van der Waals surface area (Å²) in [4.78, 5) is 0. The van der Waals surface area contributed by atoms with Crippen LogP contribution >= 0.6 is 33.2 Å². The monoisotopic (exact) mass is 406 g/mol. The van der Waals surface area contributed by atoms with E-state index in [-0.39, 0.29) is 0 Å². The highest BCUT2D eigenvalue weighted by Crippen LogP contribution is 2.38. The van der Waals surface area contributed by atoms with Crippen molar-refractivity contribution < 1.29 is 4.74 Å². The summed E-state index contributed by atoms with van der Waals surface area (Å²) in [6.07, 6.45) is 7.59. The van der Waals surface area contributed by atoms with Crippen LogP contribution in [0.5, 0.6) is 5.75 Å². The molecule has 0 saturated heterocycles. The van der Waals surface area contributed by atoms with E-state index in [0.717, 1.165) is 29.9 Å². The molecule has 24 heavy (non-hydrogen) atoms. The van der Waals surface area contributed by atoms with Gasteiger partial charge in [0, 0.05) is 0 Å². The van der Waals surface area contributed by atoms with Gasteiger partial charge in [-0.3, -0.25) is 0 Å². The standard InChI is InChI=1S/C19H29Cl3OSi/c1-15(2)14-16-4-6-17(7-5-16)18-8-10-19(11-9-18)23-12-3-13-24(20,21)22/h8-11,15-17H,3-7,12-14H2,1-2H3/t16-,17-. The Balaban J connectivity index is 1.74. The minimum atomic E-state index is -2.51. The van der Waals surface area contributed by atoms with Crippen LogP contribution in [0, 0.1) is 11.8 Å². The molecule has 1 saturated carbocycles. The van der Waals surface area contributed by atoms with Crippen molar-refractivity contribution in [1.29, 1.82) is 0 Å². The van der Waals surface area contributed by atoms with Gasteiger partial charge in [-0.1, -0.05) is 26.0 Å². The summed E-state index contributed by atoms with van der Waals surface area (Å²) < 4.78 is 5.75. The van der Waals surface area contributed by atoms with E-state index in [1.165, 1.54) is 37.7 Å². The predicted octanol–water partition coefficient (Wildman–Crippen LogP) is 7.43. The molecule has 136 valence electrons. The molecule has 0 aliphatic heterocycles. The van der Waals surface area contributed by atoms with Crippen molar-refractivity contribution >= 4 is 39.2 Å². The van der Waals surface area contributed by atoms with Gasteiger partial charge in [0.2, 0.25) is 0 Å². The fourth-order valence-corrected chi connectivity index (χ4v) is 5.44. The van der Waals surface area contributed by atoms with Gasteiger partial charge in [-0.2, -0.15) is 0 Å². The molecule has 1 nitrogen and oxygen atoms in total. The number of hydrogen-bond donors (Lipinski definition) is 0. The molecule has 0 aromatic heterocycles. The third-order valence-corrected chi connectivity index (χ3v) is 7.50. The molecule has 0 unspecified atom stereocenters. The second-order valence-corrected chi connectivity index (χ2v) is 16.8. The van der Waals surface area contributed by atoms with Gasteiger partial charge in [0.05, 0.1) is 6.61 Å². The lowest BCUT2D eigenvalue weighted by Crippen LogP contribution is -2.15. The number of rotatable bonds is 8. The fraction of sp³-hybridized carbons (Fsp3) is 0.684. The summed E-state index contributed by atoms with van der Waals surface area (Å²) in [5.74, 6) is 3.40. The zero-order valence-electron chi connectivity index (χ0n) is 14.7. The maximum atomic E-state index is 5.87. The average molecular weight is 408 g/mol. The lowest BCUT2D eigenvalue weighted by atomic mass is 9.76. The molecule has 1 aromatic carbocycles. The first-order valence-corrected chi connectivity index (χ1v) is 14.4. The maximum absolute atomic E-state index is 5.87. The topological polar surface area (TPSA) is 9.23 Å². The lowest BCUT2D eigenvalue weighted by molar-refractivity contribution is 0.282. The largest absolute Gasteiger partial charge is 0.494 e. The molecule has 0 radical (unpaired) electrons. The molecule has 0 bridgehead atoms. The van der Waals surface area contributed by atoms with Crippen LogP contribution in [0.4, 0.5) is 0 Å². The number of ether oxygens (including phenoxy) is 1. The molecule has 0 amide bonds. The molecule has 0 spiro atoms. The Kier molecular flexibility index (Phi) is 8.26. The molecule has 0 N–H and O–H groups in total.